The van der Waals surface area contributed by atoms with E-state index in [2.05, 4.69) is 25.5 Å². The second kappa shape index (κ2) is 8.91. The Morgan fingerprint density at radius 3 is 2.81 bits per heavy atom. The number of halogens is 1. The number of piperazine rings is 1. The summed E-state index contributed by atoms with van der Waals surface area (Å²) in [5.74, 6) is 1.10. The van der Waals surface area contributed by atoms with Gasteiger partial charge in [-0.05, 0) is 31.2 Å². The molecule has 3 heterocycles. The van der Waals surface area contributed by atoms with Gasteiger partial charge in [0.15, 0.2) is 17.4 Å². The topological polar surface area (TPSA) is 101 Å². The molecule has 1 aromatic carbocycles. The fraction of sp³-hybridized carbons (Fsp3) is 0.333. The number of ether oxygens (including phenoxy) is 1. The lowest BCUT2D eigenvalue weighted by Gasteiger charge is -2.27. The summed E-state index contributed by atoms with van der Waals surface area (Å²) in [5.41, 5.74) is 1.19. The largest absolute Gasteiger partial charge is 0.480 e. The third-order valence-electron chi connectivity index (χ3n) is 5.02. The van der Waals surface area contributed by atoms with Gasteiger partial charge in [-0.25, -0.2) is 4.98 Å². The molecule has 0 unspecified atom stereocenters. The minimum absolute atomic E-state index is 0.128. The quantitative estimate of drug-likeness (QED) is 0.598. The minimum atomic E-state index is -0.297. The van der Waals surface area contributed by atoms with Crippen molar-refractivity contribution < 1.29 is 9.53 Å². The van der Waals surface area contributed by atoms with Crippen molar-refractivity contribution >= 4 is 45.7 Å². The zero-order valence-electron chi connectivity index (χ0n) is 17.3. The second-order valence-corrected chi connectivity index (χ2v) is 7.77. The molecular weight excluding hydrogens is 420 g/mol. The summed E-state index contributed by atoms with van der Waals surface area (Å²) in [4.78, 5) is 34.8. The molecular formula is C21H23ClN6O3. The van der Waals surface area contributed by atoms with Crippen molar-refractivity contribution in [1.29, 1.82) is 0 Å². The number of anilines is 3. The van der Waals surface area contributed by atoms with E-state index in [1.807, 2.05) is 18.2 Å². The second-order valence-electron chi connectivity index (χ2n) is 7.37. The first-order chi connectivity index (χ1) is 14.9. The van der Waals surface area contributed by atoms with E-state index in [0.717, 1.165) is 42.8 Å². The van der Waals surface area contributed by atoms with Gasteiger partial charge in [0.2, 0.25) is 5.95 Å². The van der Waals surface area contributed by atoms with Crippen LogP contribution >= 0.6 is 11.6 Å². The number of aromatic nitrogens is 3. The molecule has 0 radical (unpaired) electrons. The van der Waals surface area contributed by atoms with Crippen LogP contribution in [-0.2, 0) is 11.8 Å². The van der Waals surface area contributed by atoms with Crippen LogP contribution in [0.15, 0.2) is 35.3 Å². The van der Waals surface area contributed by atoms with Gasteiger partial charge >= 0.3 is 0 Å². The summed E-state index contributed by atoms with van der Waals surface area (Å²) >= 11 is 6.33. The average molecular weight is 443 g/mol. The predicted molar refractivity (Wildman–Crippen MR) is 121 cm³/mol. The van der Waals surface area contributed by atoms with E-state index < -0.39 is 0 Å². The van der Waals surface area contributed by atoms with Crippen molar-refractivity contribution in [2.45, 2.75) is 6.92 Å². The molecule has 4 rings (SSSR count). The number of pyridine rings is 1. The number of fused-ring (bicyclic) bond motifs is 1. The van der Waals surface area contributed by atoms with Crippen LogP contribution in [0.2, 0.25) is 5.02 Å². The first kappa shape index (κ1) is 21.1. The van der Waals surface area contributed by atoms with Crippen molar-refractivity contribution in [1.82, 2.24) is 19.9 Å². The van der Waals surface area contributed by atoms with Gasteiger partial charge in [0, 0.05) is 44.3 Å². The van der Waals surface area contributed by atoms with E-state index in [9.17, 15) is 9.59 Å². The number of benzene rings is 1. The molecule has 0 saturated carbocycles. The van der Waals surface area contributed by atoms with Crippen LogP contribution in [-0.4, -0.2) is 53.1 Å². The number of carbonyl (C=O) groups excluding carboxylic acids is 1. The highest BCUT2D eigenvalue weighted by Crippen LogP contribution is 2.27. The van der Waals surface area contributed by atoms with Gasteiger partial charge in [-0.1, -0.05) is 11.6 Å². The van der Waals surface area contributed by atoms with Gasteiger partial charge in [-0.3, -0.25) is 9.59 Å². The highest BCUT2D eigenvalue weighted by molar-refractivity contribution is 6.32. The van der Waals surface area contributed by atoms with Crippen molar-refractivity contribution in [3.05, 3.63) is 45.8 Å². The van der Waals surface area contributed by atoms with Crippen LogP contribution < -0.4 is 25.8 Å². The summed E-state index contributed by atoms with van der Waals surface area (Å²) in [5, 5.41) is 7.73. The van der Waals surface area contributed by atoms with E-state index in [0.29, 0.717) is 16.8 Å². The van der Waals surface area contributed by atoms with E-state index in [-0.39, 0.29) is 23.7 Å². The lowest BCUT2D eigenvalue weighted by atomic mass is 10.2. The summed E-state index contributed by atoms with van der Waals surface area (Å²) < 4.78 is 6.89. The van der Waals surface area contributed by atoms with Gasteiger partial charge in [0.05, 0.1) is 11.7 Å². The molecule has 0 amide bonds. The molecule has 0 atom stereocenters. The lowest BCUT2D eigenvalue weighted by Crippen LogP contribution is -2.44. The number of ketones is 1. The molecule has 0 spiro atoms. The average Bonchev–Trinajstić information content (AvgIpc) is 2.77. The van der Waals surface area contributed by atoms with Gasteiger partial charge in [-0.15, -0.1) is 0 Å². The molecule has 1 aliphatic heterocycles. The van der Waals surface area contributed by atoms with E-state index in [4.69, 9.17) is 16.3 Å². The summed E-state index contributed by atoms with van der Waals surface area (Å²) in [7, 11) is 1.67. The first-order valence-corrected chi connectivity index (χ1v) is 10.3. The number of hydrogen-bond acceptors (Lipinski definition) is 8. The van der Waals surface area contributed by atoms with Crippen LogP contribution in [0.3, 0.4) is 0 Å². The smallest absolute Gasteiger partial charge is 0.293 e. The molecule has 0 aliphatic carbocycles. The Labute approximate surface area is 184 Å². The maximum absolute atomic E-state index is 12.5. The normalized spacial score (nSPS) is 14.0. The fourth-order valence-electron chi connectivity index (χ4n) is 3.41. The van der Waals surface area contributed by atoms with Crippen molar-refractivity contribution in [2.24, 2.45) is 7.05 Å². The molecule has 2 aromatic heterocycles. The molecule has 162 valence electrons. The highest BCUT2D eigenvalue weighted by atomic mass is 35.5. The van der Waals surface area contributed by atoms with Crippen molar-refractivity contribution in [2.75, 3.05) is 43.0 Å². The molecule has 10 heteroatoms. The van der Waals surface area contributed by atoms with Crippen LogP contribution in [0.1, 0.15) is 6.92 Å². The third kappa shape index (κ3) is 4.62. The predicted octanol–water partition coefficient (Wildman–Crippen LogP) is 2.10. The lowest BCUT2D eigenvalue weighted by molar-refractivity contribution is -0.118. The molecule has 1 aliphatic rings. The van der Waals surface area contributed by atoms with Crippen LogP contribution in [0.25, 0.3) is 10.9 Å². The van der Waals surface area contributed by atoms with Crippen LogP contribution in [0.5, 0.6) is 5.75 Å². The van der Waals surface area contributed by atoms with E-state index >= 15 is 0 Å². The SMILES string of the molecule is CC(=O)COc1cc2cc(Nc3nc(N4CCNCC4)ncc3Cl)ccc2n(C)c1=O. The maximum Gasteiger partial charge on any atom is 0.293 e. The monoisotopic (exact) mass is 442 g/mol. The molecule has 2 N–H and O–H groups in total. The molecule has 1 fully saturated rings. The van der Waals surface area contributed by atoms with E-state index in [1.54, 1.807) is 19.3 Å². The maximum atomic E-state index is 12.5. The Hall–Kier alpha value is -3.17. The van der Waals surface area contributed by atoms with Gasteiger partial charge in [-0.2, -0.15) is 4.98 Å². The summed E-state index contributed by atoms with van der Waals surface area (Å²) in [6.45, 7) is 4.68. The molecule has 1 saturated heterocycles. The zero-order valence-corrected chi connectivity index (χ0v) is 18.1. The number of aryl methyl sites for hydroxylation is 1. The Morgan fingerprint density at radius 1 is 1.29 bits per heavy atom. The van der Waals surface area contributed by atoms with Gasteiger partial charge < -0.3 is 24.8 Å². The standard InChI is InChI=1S/C21H23ClN6O3/c1-13(29)12-31-18-10-14-9-15(3-4-17(14)27(2)20(18)30)25-19-16(22)11-24-21(26-19)28-7-5-23-6-8-28/h3-4,9-11,23H,5-8,12H2,1-2H3,(H,24,25,26). The number of rotatable bonds is 6. The Balaban J connectivity index is 1.65. The number of carbonyl (C=O) groups is 1. The molecule has 3 aromatic rings. The summed E-state index contributed by atoms with van der Waals surface area (Å²) in [6.07, 6.45) is 1.59. The van der Waals surface area contributed by atoms with E-state index in [1.165, 1.54) is 11.5 Å². The first-order valence-electron chi connectivity index (χ1n) is 9.93. The number of hydrogen-bond donors (Lipinski definition) is 2. The number of Topliss-reactive ketones (excluding diaryl/α,β-unsaturated/α-hetero) is 1. The van der Waals surface area contributed by atoms with Crippen molar-refractivity contribution in [3.8, 4) is 5.75 Å². The van der Waals surface area contributed by atoms with Crippen LogP contribution in [0.4, 0.5) is 17.5 Å². The van der Waals surface area contributed by atoms with Gasteiger partial charge in [0.1, 0.15) is 11.6 Å². The fourth-order valence-corrected chi connectivity index (χ4v) is 3.55. The summed E-state index contributed by atoms with van der Waals surface area (Å²) in [6, 6.07) is 7.19. The van der Waals surface area contributed by atoms with Crippen molar-refractivity contribution in [3.63, 3.8) is 0 Å². The van der Waals surface area contributed by atoms with Gasteiger partial charge in [0.25, 0.3) is 5.56 Å². The molecule has 9 nitrogen and oxygen atoms in total. The zero-order chi connectivity index (χ0) is 22.0. The Bertz CT molecular complexity index is 1190. The Morgan fingerprint density at radius 2 is 2.06 bits per heavy atom. The highest BCUT2D eigenvalue weighted by Gasteiger charge is 2.16. The molecule has 31 heavy (non-hydrogen) atoms. The molecule has 0 bridgehead atoms. The third-order valence-corrected chi connectivity index (χ3v) is 5.29. The minimum Gasteiger partial charge on any atom is -0.480 e. The number of nitrogens with zero attached hydrogens (tertiary/aromatic N) is 4. The number of nitrogens with one attached hydrogen (secondary N) is 2. The van der Waals surface area contributed by atoms with Crippen LogP contribution in [0, 0.1) is 0 Å². The Kier molecular flexibility index (Phi) is 6.06.